The van der Waals surface area contributed by atoms with E-state index in [-0.39, 0.29) is 16.2 Å². The number of nitrogens with zero attached hydrogens (tertiary/aromatic N) is 2. The van der Waals surface area contributed by atoms with Crippen molar-refractivity contribution in [1.82, 2.24) is 0 Å². The van der Waals surface area contributed by atoms with Crippen LogP contribution < -0.4 is 5.32 Å². The first-order valence-corrected chi connectivity index (χ1v) is 10.3. The molecule has 0 saturated carbocycles. The van der Waals surface area contributed by atoms with Crippen LogP contribution in [0, 0.1) is 0 Å². The van der Waals surface area contributed by atoms with Gasteiger partial charge in [0.15, 0.2) is 9.84 Å². The van der Waals surface area contributed by atoms with Crippen molar-refractivity contribution in [2.24, 2.45) is 10.2 Å². The number of azo groups is 1. The third-order valence-corrected chi connectivity index (χ3v) is 5.80. The summed E-state index contributed by atoms with van der Waals surface area (Å²) in [5, 5.41) is 11.0. The van der Waals surface area contributed by atoms with Gasteiger partial charge in [0.05, 0.1) is 27.6 Å². The highest BCUT2D eigenvalue weighted by Gasteiger charge is 2.20. The van der Waals surface area contributed by atoms with Crippen molar-refractivity contribution in [1.29, 1.82) is 0 Å². The van der Waals surface area contributed by atoms with Gasteiger partial charge in [-0.05, 0) is 48.5 Å². The second kappa shape index (κ2) is 8.58. The normalized spacial score (nSPS) is 11.5. The monoisotopic (exact) mass is 393 g/mol. The Balaban J connectivity index is 1.75. The van der Waals surface area contributed by atoms with E-state index >= 15 is 0 Å². The molecule has 3 aromatic rings. The minimum absolute atomic E-state index is 0.0308. The molecule has 0 aliphatic heterocycles. The predicted octanol–water partition coefficient (Wildman–Crippen LogP) is 5.15. The quantitative estimate of drug-likeness (QED) is 0.588. The maximum Gasteiger partial charge on any atom is 0.256 e. The third kappa shape index (κ3) is 4.69. The standard InChI is InChI=1S/C21H19N3O3S/c1-2-28(26,27)20-11-7-6-10-19(20)21(25)22-16-12-14-18(15-13-16)24-23-17-8-4-3-5-9-17/h3-15H,2H2,1H3,(H,22,25). The number of hydrogen-bond donors (Lipinski definition) is 1. The van der Waals surface area contributed by atoms with E-state index in [4.69, 9.17) is 0 Å². The lowest BCUT2D eigenvalue weighted by atomic mass is 10.2. The van der Waals surface area contributed by atoms with Gasteiger partial charge in [0.25, 0.3) is 5.91 Å². The minimum atomic E-state index is -3.49. The smallest absolute Gasteiger partial charge is 0.256 e. The molecule has 0 saturated heterocycles. The fourth-order valence-corrected chi connectivity index (χ4v) is 3.59. The van der Waals surface area contributed by atoms with E-state index < -0.39 is 15.7 Å². The van der Waals surface area contributed by atoms with E-state index in [9.17, 15) is 13.2 Å². The maximum absolute atomic E-state index is 12.6. The van der Waals surface area contributed by atoms with Crippen molar-refractivity contribution in [2.75, 3.05) is 11.1 Å². The Morgan fingerprint density at radius 1 is 0.821 bits per heavy atom. The number of hydrogen-bond acceptors (Lipinski definition) is 5. The average Bonchev–Trinajstić information content (AvgIpc) is 2.74. The van der Waals surface area contributed by atoms with Crippen LogP contribution >= 0.6 is 0 Å². The highest BCUT2D eigenvalue weighted by molar-refractivity contribution is 7.91. The average molecular weight is 393 g/mol. The van der Waals surface area contributed by atoms with Crippen LogP contribution in [-0.4, -0.2) is 20.1 Å². The zero-order chi connectivity index (χ0) is 20.0. The maximum atomic E-state index is 12.6. The number of carbonyl (C=O) groups is 1. The summed E-state index contributed by atoms with van der Waals surface area (Å²) in [6.45, 7) is 1.55. The van der Waals surface area contributed by atoms with Gasteiger partial charge in [-0.1, -0.05) is 37.3 Å². The Hall–Kier alpha value is -3.32. The molecule has 6 nitrogen and oxygen atoms in total. The topological polar surface area (TPSA) is 88.0 Å². The van der Waals surface area contributed by atoms with Crippen LogP contribution in [0.15, 0.2) is 94.0 Å². The van der Waals surface area contributed by atoms with Crippen LogP contribution in [0.4, 0.5) is 17.1 Å². The van der Waals surface area contributed by atoms with E-state index in [1.165, 1.54) is 12.1 Å². The fraction of sp³-hybridized carbons (Fsp3) is 0.0952. The Morgan fingerprint density at radius 3 is 2.04 bits per heavy atom. The lowest BCUT2D eigenvalue weighted by molar-refractivity contribution is 0.102. The Kier molecular flexibility index (Phi) is 5.96. The largest absolute Gasteiger partial charge is 0.322 e. The molecule has 142 valence electrons. The van der Waals surface area contributed by atoms with E-state index in [1.54, 1.807) is 43.3 Å². The number of benzene rings is 3. The Bertz CT molecular complexity index is 1090. The molecular formula is C21H19N3O3S. The molecule has 0 aromatic heterocycles. The van der Waals surface area contributed by atoms with Crippen molar-refractivity contribution >= 4 is 32.8 Å². The molecule has 0 radical (unpaired) electrons. The van der Waals surface area contributed by atoms with Crippen LogP contribution in [0.25, 0.3) is 0 Å². The summed E-state index contributed by atoms with van der Waals surface area (Å²) in [5.41, 5.74) is 2.04. The van der Waals surface area contributed by atoms with Crippen molar-refractivity contribution in [3.63, 3.8) is 0 Å². The lowest BCUT2D eigenvalue weighted by Crippen LogP contribution is -2.17. The summed E-state index contributed by atoms with van der Waals surface area (Å²) < 4.78 is 24.4. The van der Waals surface area contributed by atoms with E-state index in [2.05, 4.69) is 15.5 Å². The van der Waals surface area contributed by atoms with Gasteiger partial charge in [-0.15, -0.1) is 0 Å². The lowest BCUT2D eigenvalue weighted by Gasteiger charge is -2.10. The van der Waals surface area contributed by atoms with Gasteiger partial charge in [0, 0.05) is 5.69 Å². The van der Waals surface area contributed by atoms with Gasteiger partial charge in [-0.2, -0.15) is 10.2 Å². The van der Waals surface area contributed by atoms with Gasteiger partial charge in [-0.25, -0.2) is 8.42 Å². The molecule has 0 spiro atoms. The predicted molar refractivity (Wildman–Crippen MR) is 109 cm³/mol. The molecule has 0 fully saturated rings. The second-order valence-corrected chi connectivity index (χ2v) is 8.18. The number of carbonyl (C=O) groups excluding carboxylic acids is 1. The molecular weight excluding hydrogens is 374 g/mol. The van der Waals surface area contributed by atoms with E-state index in [1.807, 2.05) is 30.3 Å². The van der Waals surface area contributed by atoms with Gasteiger partial charge in [-0.3, -0.25) is 4.79 Å². The first kappa shape index (κ1) is 19.4. The number of sulfone groups is 1. The highest BCUT2D eigenvalue weighted by atomic mass is 32.2. The number of rotatable bonds is 6. The van der Waals surface area contributed by atoms with E-state index in [0.29, 0.717) is 11.4 Å². The fourth-order valence-electron chi connectivity index (χ4n) is 2.50. The molecule has 0 unspecified atom stereocenters. The summed E-state index contributed by atoms with van der Waals surface area (Å²) in [4.78, 5) is 12.6. The number of amides is 1. The summed E-state index contributed by atoms with van der Waals surface area (Å²) in [7, 11) is -3.49. The molecule has 0 heterocycles. The molecule has 3 rings (SSSR count). The van der Waals surface area contributed by atoms with Crippen LogP contribution in [0.2, 0.25) is 0 Å². The summed E-state index contributed by atoms with van der Waals surface area (Å²) >= 11 is 0. The van der Waals surface area contributed by atoms with Crippen molar-refractivity contribution < 1.29 is 13.2 Å². The van der Waals surface area contributed by atoms with Crippen molar-refractivity contribution in [3.05, 3.63) is 84.4 Å². The van der Waals surface area contributed by atoms with Gasteiger partial charge in [0.1, 0.15) is 0 Å². The van der Waals surface area contributed by atoms with Gasteiger partial charge >= 0.3 is 0 Å². The summed E-state index contributed by atoms with van der Waals surface area (Å²) in [6.07, 6.45) is 0. The zero-order valence-electron chi connectivity index (χ0n) is 15.2. The van der Waals surface area contributed by atoms with Crippen LogP contribution in [0.1, 0.15) is 17.3 Å². The Morgan fingerprint density at radius 2 is 1.39 bits per heavy atom. The molecule has 0 aliphatic carbocycles. The van der Waals surface area contributed by atoms with Crippen LogP contribution in [0.3, 0.4) is 0 Å². The minimum Gasteiger partial charge on any atom is -0.322 e. The molecule has 7 heteroatoms. The summed E-state index contributed by atoms with van der Waals surface area (Å²) in [6, 6.07) is 22.4. The van der Waals surface area contributed by atoms with Crippen LogP contribution in [-0.2, 0) is 9.84 Å². The highest BCUT2D eigenvalue weighted by Crippen LogP contribution is 2.22. The SMILES string of the molecule is CCS(=O)(=O)c1ccccc1C(=O)Nc1ccc(N=Nc2ccccc2)cc1. The third-order valence-electron chi connectivity index (χ3n) is 4.01. The van der Waals surface area contributed by atoms with Crippen molar-refractivity contribution in [3.8, 4) is 0 Å². The molecule has 0 aliphatic rings. The first-order chi connectivity index (χ1) is 13.5. The first-order valence-electron chi connectivity index (χ1n) is 8.69. The van der Waals surface area contributed by atoms with E-state index in [0.717, 1.165) is 5.69 Å². The second-order valence-electron chi connectivity index (χ2n) is 5.94. The van der Waals surface area contributed by atoms with Gasteiger partial charge < -0.3 is 5.32 Å². The molecule has 0 bridgehead atoms. The Labute approximate surface area is 163 Å². The molecule has 28 heavy (non-hydrogen) atoms. The number of anilines is 1. The van der Waals surface area contributed by atoms with Crippen molar-refractivity contribution in [2.45, 2.75) is 11.8 Å². The molecule has 3 aromatic carbocycles. The van der Waals surface area contributed by atoms with Crippen LogP contribution in [0.5, 0.6) is 0 Å². The zero-order valence-corrected chi connectivity index (χ0v) is 16.1. The van der Waals surface area contributed by atoms with Gasteiger partial charge in [0.2, 0.25) is 0 Å². The number of nitrogens with one attached hydrogen (secondary N) is 1. The molecule has 1 N–H and O–H groups in total. The molecule has 1 amide bonds. The summed E-state index contributed by atoms with van der Waals surface area (Å²) in [5.74, 6) is -0.551. The molecule has 0 atom stereocenters.